The first-order valence-corrected chi connectivity index (χ1v) is 5.21. The summed E-state index contributed by atoms with van der Waals surface area (Å²) in [5, 5.41) is 0. The lowest BCUT2D eigenvalue weighted by atomic mass is 10.2. The molecule has 1 aromatic carbocycles. The zero-order chi connectivity index (χ0) is 11.3. The molecular formula is C11H12BrNO2. The molecule has 0 spiro atoms. The van der Waals surface area contributed by atoms with Gasteiger partial charge in [-0.1, -0.05) is 18.2 Å². The Bertz CT molecular complexity index is 388. The summed E-state index contributed by atoms with van der Waals surface area (Å²) in [6, 6.07) is 5.69. The van der Waals surface area contributed by atoms with Crippen molar-refractivity contribution in [3.63, 3.8) is 0 Å². The number of rotatable bonds is 4. The van der Waals surface area contributed by atoms with E-state index in [1.807, 2.05) is 24.3 Å². The van der Waals surface area contributed by atoms with Crippen molar-refractivity contribution in [3.05, 3.63) is 34.3 Å². The van der Waals surface area contributed by atoms with E-state index in [2.05, 4.69) is 15.9 Å². The molecule has 0 aliphatic heterocycles. The number of primary amides is 1. The van der Waals surface area contributed by atoms with E-state index in [-0.39, 0.29) is 12.3 Å². The summed E-state index contributed by atoms with van der Waals surface area (Å²) in [7, 11) is 1.61. The van der Waals surface area contributed by atoms with Crippen LogP contribution in [-0.2, 0) is 4.79 Å². The maximum atomic E-state index is 10.5. The topological polar surface area (TPSA) is 52.3 Å². The number of ether oxygens (including phenoxy) is 1. The minimum absolute atomic E-state index is 0.248. The first-order valence-electron chi connectivity index (χ1n) is 4.42. The van der Waals surface area contributed by atoms with Gasteiger partial charge in [-0.15, -0.1) is 0 Å². The summed E-state index contributed by atoms with van der Waals surface area (Å²) in [6.45, 7) is 0. The molecule has 1 rings (SSSR count). The van der Waals surface area contributed by atoms with Gasteiger partial charge in [-0.25, -0.2) is 0 Å². The van der Waals surface area contributed by atoms with Crippen LogP contribution in [0.4, 0.5) is 0 Å². The Labute approximate surface area is 97.0 Å². The maximum Gasteiger partial charge on any atom is 0.221 e. The van der Waals surface area contributed by atoms with Crippen LogP contribution < -0.4 is 10.5 Å². The third-order valence-corrected chi connectivity index (χ3v) is 2.46. The third-order valence-electron chi connectivity index (χ3n) is 1.80. The van der Waals surface area contributed by atoms with Gasteiger partial charge in [0.25, 0.3) is 0 Å². The first kappa shape index (κ1) is 11.8. The van der Waals surface area contributed by atoms with Crippen molar-refractivity contribution in [2.45, 2.75) is 6.42 Å². The van der Waals surface area contributed by atoms with Crippen LogP contribution in [0.25, 0.3) is 6.08 Å². The van der Waals surface area contributed by atoms with Gasteiger partial charge in [-0.2, -0.15) is 0 Å². The van der Waals surface area contributed by atoms with Crippen molar-refractivity contribution in [2.75, 3.05) is 7.11 Å². The minimum atomic E-state index is -0.338. The van der Waals surface area contributed by atoms with Crippen molar-refractivity contribution in [1.29, 1.82) is 0 Å². The normalized spacial score (nSPS) is 10.5. The molecule has 0 radical (unpaired) electrons. The zero-order valence-electron chi connectivity index (χ0n) is 8.37. The van der Waals surface area contributed by atoms with Crippen LogP contribution in [0.3, 0.4) is 0 Å². The van der Waals surface area contributed by atoms with Crippen LogP contribution in [0, 0.1) is 0 Å². The van der Waals surface area contributed by atoms with Gasteiger partial charge >= 0.3 is 0 Å². The molecule has 0 heterocycles. The van der Waals surface area contributed by atoms with Gasteiger partial charge in [0.1, 0.15) is 5.75 Å². The molecule has 0 fully saturated rings. The predicted octanol–water partition coefficient (Wildman–Crippen LogP) is 2.35. The van der Waals surface area contributed by atoms with Gasteiger partial charge in [0, 0.05) is 6.42 Å². The molecule has 15 heavy (non-hydrogen) atoms. The fourth-order valence-corrected chi connectivity index (χ4v) is 1.50. The second-order valence-corrected chi connectivity index (χ2v) is 3.82. The number of carbonyl (C=O) groups excluding carboxylic acids is 1. The smallest absolute Gasteiger partial charge is 0.221 e. The van der Waals surface area contributed by atoms with Gasteiger partial charge < -0.3 is 10.5 Å². The third kappa shape index (κ3) is 3.75. The highest BCUT2D eigenvalue weighted by Crippen LogP contribution is 2.25. The lowest BCUT2D eigenvalue weighted by Crippen LogP contribution is -2.07. The average molecular weight is 270 g/mol. The second-order valence-electron chi connectivity index (χ2n) is 2.97. The van der Waals surface area contributed by atoms with Gasteiger partial charge in [0.05, 0.1) is 11.6 Å². The monoisotopic (exact) mass is 269 g/mol. The van der Waals surface area contributed by atoms with Crippen molar-refractivity contribution >= 4 is 27.9 Å². The number of nitrogens with two attached hydrogens (primary N) is 1. The zero-order valence-corrected chi connectivity index (χ0v) is 9.95. The Morgan fingerprint density at radius 2 is 2.33 bits per heavy atom. The Kier molecular flexibility index (Phi) is 4.37. The number of halogens is 1. The quantitative estimate of drug-likeness (QED) is 0.913. The Morgan fingerprint density at radius 1 is 1.60 bits per heavy atom. The van der Waals surface area contributed by atoms with E-state index in [1.165, 1.54) is 0 Å². The Morgan fingerprint density at radius 3 is 2.93 bits per heavy atom. The fraction of sp³-hybridized carbons (Fsp3) is 0.182. The molecule has 0 atom stereocenters. The molecule has 3 nitrogen and oxygen atoms in total. The molecule has 1 aromatic rings. The van der Waals surface area contributed by atoms with Gasteiger partial charge in [0.2, 0.25) is 5.91 Å². The highest BCUT2D eigenvalue weighted by Gasteiger charge is 1.99. The van der Waals surface area contributed by atoms with E-state index >= 15 is 0 Å². The number of benzene rings is 1. The molecule has 4 heteroatoms. The fourth-order valence-electron chi connectivity index (χ4n) is 1.09. The molecular weight excluding hydrogens is 258 g/mol. The molecule has 0 aliphatic rings. The summed E-state index contributed by atoms with van der Waals surface area (Å²) in [6.07, 6.45) is 3.81. The van der Waals surface area contributed by atoms with Crippen molar-refractivity contribution in [3.8, 4) is 5.75 Å². The number of methoxy groups -OCH3 is 1. The summed E-state index contributed by atoms with van der Waals surface area (Å²) >= 11 is 3.36. The van der Waals surface area contributed by atoms with Crippen LogP contribution in [0.5, 0.6) is 5.75 Å². The maximum absolute atomic E-state index is 10.5. The summed E-state index contributed by atoms with van der Waals surface area (Å²) in [4.78, 5) is 10.5. The molecule has 80 valence electrons. The average Bonchev–Trinajstić information content (AvgIpc) is 2.20. The number of carbonyl (C=O) groups is 1. The van der Waals surface area contributed by atoms with Crippen LogP contribution in [0.1, 0.15) is 12.0 Å². The van der Waals surface area contributed by atoms with E-state index in [4.69, 9.17) is 10.5 Å². The van der Waals surface area contributed by atoms with E-state index in [9.17, 15) is 4.79 Å². The number of hydrogen-bond donors (Lipinski definition) is 1. The summed E-state index contributed by atoms with van der Waals surface area (Å²) in [5.41, 5.74) is 5.98. The molecule has 0 saturated carbocycles. The van der Waals surface area contributed by atoms with Crippen molar-refractivity contribution in [2.24, 2.45) is 5.73 Å². The van der Waals surface area contributed by atoms with Gasteiger partial charge in [0.15, 0.2) is 0 Å². The number of hydrogen-bond acceptors (Lipinski definition) is 2. The van der Waals surface area contributed by atoms with Crippen molar-refractivity contribution in [1.82, 2.24) is 0 Å². The van der Waals surface area contributed by atoms with E-state index < -0.39 is 0 Å². The lowest BCUT2D eigenvalue weighted by Gasteiger charge is -2.03. The Balaban J connectivity index is 2.78. The summed E-state index contributed by atoms with van der Waals surface area (Å²) in [5.74, 6) is 0.423. The van der Waals surface area contributed by atoms with Crippen LogP contribution in [-0.4, -0.2) is 13.0 Å². The SMILES string of the molecule is COc1cc(C=CCC(N)=O)ccc1Br. The molecule has 0 unspecified atom stereocenters. The highest BCUT2D eigenvalue weighted by molar-refractivity contribution is 9.10. The van der Waals surface area contributed by atoms with E-state index in [1.54, 1.807) is 13.2 Å². The highest BCUT2D eigenvalue weighted by atomic mass is 79.9. The molecule has 0 aromatic heterocycles. The van der Waals surface area contributed by atoms with E-state index in [0.29, 0.717) is 0 Å². The Hall–Kier alpha value is -1.29. The second kappa shape index (κ2) is 5.56. The van der Waals surface area contributed by atoms with Crippen LogP contribution in [0.15, 0.2) is 28.7 Å². The van der Waals surface area contributed by atoms with E-state index in [0.717, 1.165) is 15.8 Å². The molecule has 0 bridgehead atoms. The number of amides is 1. The predicted molar refractivity (Wildman–Crippen MR) is 63.5 cm³/mol. The van der Waals surface area contributed by atoms with Gasteiger partial charge in [-0.05, 0) is 33.6 Å². The summed E-state index contributed by atoms with van der Waals surface area (Å²) < 4.78 is 6.04. The molecule has 0 aliphatic carbocycles. The molecule has 1 amide bonds. The van der Waals surface area contributed by atoms with Crippen molar-refractivity contribution < 1.29 is 9.53 Å². The molecule has 2 N–H and O–H groups in total. The largest absolute Gasteiger partial charge is 0.496 e. The molecule has 0 saturated heterocycles. The van der Waals surface area contributed by atoms with Crippen LogP contribution >= 0.6 is 15.9 Å². The van der Waals surface area contributed by atoms with Crippen LogP contribution in [0.2, 0.25) is 0 Å². The first-order chi connectivity index (χ1) is 7.13. The lowest BCUT2D eigenvalue weighted by molar-refractivity contribution is -0.117. The van der Waals surface area contributed by atoms with Gasteiger partial charge in [-0.3, -0.25) is 4.79 Å². The standard InChI is InChI=1S/C11H12BrNO2/c1-15-10-7-8(5-6-9(10)12)3-2-4-11(13)14/h2-3,5-7H,4H2,1H3,(H2,13,14). The minimum Gasteiger partial charge on any atom is -0.496 e.